The van der Waals surface area contributed by atoms with Gasteiger partial charge in [0.05, 0.1) is 23.6 Å². The third-order valence-electron chi connectivity index (χ3n) is 4.89. The summed E-state index contributed by atoms with van der Waals surface area (Å²) in [6, 6.07) is 12.9. The summed E-state index contributed by atoms with van der Waals surface area (Å²) in [6.45, 7) is 3.39. The number of carboxylic acids is 1. The Kier molecular flexibility index (Phi) is 6.69. The molecule has 0 atom stereocenters. The van der Waals surface area contributed by atoms with Crippen LogP contribution in [-0.4, -0.2) is 33.9 Å². The van der Waals surface area contributed by atoms with E-state index in [0.29, 0.717) is 26.9 Å². The molecule has 0 spiro atoms. The van der Waals surface area contributed by atoms with Crippen LogP contribution >= 0.6 is 11.3 Å². The quantitative estimate of drug-likeness (QED) is 0.354. The van der Waals surface area contributed by atoms with Crippen molar-refractivity contribution in [1.29, 1.82) is 0 Å². The summed E-state index contributed by atoms with van der Waals surface area (Å²) in [7, 11) is 0. The monoisotopic (exact) mass is 481 g/mol. The predicted octanol–water partition coefficient (Wildman–Crippen LogP) is 5.83. The van der Waals surface area contributed by atoms with Crippen LogP contribution in [0.1, 0.15) is 18.2 Å². The van der Waals surface area contributed by atoms with Crippen molar-refractivity contribution in [2.45, 2.75) is 20.3 Å². The Labute approximate surface area is 198 Å². The molecule has 0 aliphatic rings. The lowest BCUT2D eigenvalue weighted by atomic mass is 10.1. The number of thiazole rings is 1. The Bertz CT molecular complexity index is 1330. The highest BCUT2D eigenvalue weighted by Gasteiger charge is 2.31. The van der Waals surface area contributed by atoms with Crippen LogP contribution < -0.4 is 4.90 Å². The number of amides is 1. The van der Waals surface area contributed by atoms with Crippen molar-refractivity contribution >= 4 is 34.8 Å². The van der Waals surface area contributed by atoms with E-state index in [-0.39, 0.29) is 24.4 Å². The maximum absolute atomic E-state index is 14.7. The highest BCUT2D eigenvalue weighted by atomic mass is 32.1. The minimum Gasteiger partial charge on any atom is -0.481 e. The zero-order valence-corrected chi connectivity index (χ0v) is 19.1. The summed E-state index contributed by atoms with van der Waals surface area (Å²) in [5, 5.41) is 13.7. The van der Waals surface area contributed by atoms with Crippen molar-refractivity contribution in [3.05, 3.63) is 71.9 Å². The zero-order chi connectivity index (χ0) is 24.2. The molecule has 0 unspecified atom stereocenters. The van der Waals surface area contributed by atoms with Crippen molar-refractivity contribution in [2.24, 2.45) is 0 Å². The fraction of sp³-hybridized carbons (Fsp3) is 0.167. The van der Waals surface area contributed by atoms with Crippen LogP contribution in [0.2, 0.25) is 0 Å². The van der Waals surface area contributed by atoms with E-state index in [2.05, 4.69) is 10.1 Å². The van der Waals surface area contributed by atoms with Gasteiger partial charge in [0.1, 0.15) is 22.2 Å². The van der Waals surface area contributed by atoms with Gasteiger partial charge in [-0.3, -0.25) is 4.79 Å². The summed E-state index contributed by atoms with van der Waals surface area (Å²) in [6.07, 6.45) is 0.764. The zero-order valence-electron chi connectivity index (χ0n) is 18.3. The third-order valence-corrected chi connectivity index (χ3v) is 5.95. The van der Waals surface area contributed by atoms with Gasteiger partial charge in [0.15, 0.2) is 5.76 Å². The number of aryl methyl sites for hydroxylation is 1. The Morgan fingerprint density at radius 3 is 2.59 bits per heavy atom. The third kappa shape index (κ3) is 4.67. The largest absolute Gasteiger partial charge is 0.481 e. The van der Waals surface area contributed by atoms with Crippen LogP contribution in [0.3, 0.4) is 0 Å². The topological polar surface area (TPSA) is 106 Å². The number of carbonyl (C=O) groups excluding carboxylic acids is 1. The van der Waals surface area contributed by atoms with E-state index >= 15 is 0 Å². The molecule has 8 nitrogen and oxygen atoms in total. The lowest BCUT2D eigenvalue weighted by Gasteiger charge is -2.22. The first-order chi connectivity index (χ1) is 16.4. The van der Waals surface area contributed by atoms with E-state index in [1.165, 1.54) is 29.5 Å². The lowest BCUT2D eigenvalue weighted by molar-refractivity contribution is -0.136. The van der Waals surface area contributed by atoms with E-state index in [4.69, 9.17) is 14.4 Å². The fourth-order valence-electron chi connectivity index (χ4n) is 3.38. The van der Waals surface area contributed by atoms with Gasteiger partial charge in [0.2, 0.25) is 0 Å². The molecule has 1 amide bonds. The molecule has 4 aromatic rings. The standard InChI is InChI=1S/C24H20FN3O5S/c1-3-32-24(31)28(18-7-5-4-6-17(18)25)22-14(2)33-27-21(22)19-13-26-23(34-19)16-10-8-15(9-11-16)12-20(29)30/h4-11,13H,3,12H2,1-2H3,(H,29,30). The summed E-state index contributed by atoms with van der Waals surface area (Å²) in [5.74, 6) is -1.20. The summed E-state index contributed by atoms with van der Waals surface area (Å²) in [5.41, 5.74) is 2.06. The number of carboxylic acid groups (broad SMARTS) is 1. The molecule has 1 N–H and O–H groups in total. The molecule has 4 rings (SSSR count). The first-order valence-corrected chi connectivity index (χ1v) is 11.2. The summed E-state index contributed by atoms with van der Waals surface area (Å²) >= 11 is 1.31. The molecule has 0 aliphatic heterocycles. The molecule has 10 heteroatoms. The number of halogens is 1. The second kappa shape index (κ2) is 9.84. The summed E-state index contributed by atoms with van der Waals surface area (Å²) in [4.78, 5) is 29.9. The Balaban J connectivity index is 1.74. The minimum atomic E-state index is -0.903. The van der Waals surface area contributed by atoms with Crippen molar-refractivity contribution in [2.75, 3.05) is 11.5 Å². The molecule has 34 heavy (non-hydrogen) atoms. The first-order valence-electron chi connectivity index (χ1n) is 10.3. The molecule has 0 saturated heterocycles. The van der Waals surface area contributed by atoms with Gasteiger partial charge in [0, 0.05) is 11.8 Å². The number of ether oxygens (including phenoxy) is 1. The second-order valence-corrected chi connectivity index (χ2v) is 8.25. The molecule has 2 aromatic carbocycles. The van der Waals surface area contributed by atoms with Crippen molar-refractivity contribution in [3.8, 4) is 21.1 Å². The highest BCUT2D eigenvalue weighted by molar-refractivity contribution is 7.18. The number of rotatable bonds is 7. The van der Waals surface area contributed by atoms with Gasteiger partial charge in [-0.25, -0.2) is 19.1 Å². The van der Waals surface area contributed by atoms with Crippen molar-refractivity contribution < 1.29 is 28.3 Å². The van der Waals surface area contributed by atoms with Crippen molar-refractivity contribution in [1.82, 2.24) is 10.1 Å². The van der Waals surface area contributed by atoms with Crippen LogP contribution in [0.25, 0.3) is 21.1 Å². The van der Waals surface area contributed by atoms with Crippen LogP contribution in [0.15, 0.2) is 59.3 Å². The van der Waals surface area contributed by atoms with E-state index in [9.17, 15) is 14.0 Å². The molecule has 0 saturated carbocycles. The summed E-state index contributed by atoms with van der Waals surface area (Å²) < 4.78 is 25.3. The molecule has 174 valence electrons. The van der Waals surface area contributed by atoms with Gasteiger partial charge in [-0.1, -0.05) is 41.6 Å². The van der Waals surface area contributed by atoms with Gasteiger partial charge in [0.25, 0.3) is 0 Å². The molecular weight excluding hydrogens is 461 g/mol. The van der Waals surface area contributed by atoms with Gasteiger partial charge in [-0.2, -0.15) is 0 Å². The number of carbonyl (C=O) groups is 2. The van der Waals surface area contributed by atoms with Gasteiger partial charge >= 0.3 is 12.1 Å². The van der Waals surface area contributed by atoms with Crippen molar-refractivity contribution in [3.63, 3.8) is 0 Å². The maximum Gasteiger partial charge on any atom is 0.419 e. The number of hydrogen-bond acceptors (Lipinski definition) is 7. The van der Waals surface area contributed by atoms with Crippen LogP contribution in [0.5, 0.6) is 0 Å². The Morgan fingerprint density at radius 2 is 1.91 bits per heavy atom. The average molecular weight is 482 g/mol. The Hall–Kier alpha value is -4.05. The predicted molar refractivity (Wildman–Crippen MR) is 125 cm³/mol. The van der Waals surface area contributed by atoms with Crippen LogP contribution in [0, 0.1) is 12.7 Å². The molecular formula is C24H20FN3O5S. The van der Waals surface area contributed by atoms with Gasteiger partial charge in [-0.05, 0) is 31.5 Å². The molecule has 2 aromatic heterocycles. The van der Waals surface area contributed by atoms with E-state index in [0.717, 1.165) is 10.5 Å². The average Bonchev–Trinajstić information content (AvgIpc) is 3.43. The minimum absolute atomic E-state index is 0.00672. The molecule has 0 radical (unpaired) electrons. The highest BCUT2D eigenvalue weighted by Crippen LogP contribution is 2.42. The molecule has 0 bridgehead atoms. The van der Waals surface area contributed by atoms with E-state index in [1.807, 2.05) is 0 Å². The molecule has 2 heterocycles. The number of anilines is 2. The van der Waals surface area contributed by atoms with Gasteiger partial charge < -0.3 is 14.4 Å². The molecule has 0 fully saturated rings. The maximum atomic E-state index is 14.7. The first kappa shape index (κ1) is 23.1. The lowest BCUT2D eigenvalue weighted by Crippen LogP contribution is -2.28. The number of para-hydroxylation sites is 1. The smallest absolute Gasteiger partial charge is 0.419 e. The number of aromatic nitrogens is 2. The SMILES string of the molecule is CCOC(=O)N(c1ccccc1F)c1c(-c2cnc(-c3ccc(CC(=O)O)cc3)s2)noc1C. The second-order valence-electron chi connectivity index (χ2n) is 7.22. The number of aliphatic carboxylic acids is 1. The van der Waals surface area contributed by atoms with E-state index in [1.54, 1.807) is 50.4 Å². The van der Waals surface area contributed by atoms with E-state index < -0.39 is 17.9 Å². The number of nitrogens with zero attached hydrogens (tertiary/aromatic N) is 3. The number of benzene rings is 2. The normalized spacial score (nSPS) is 10.8. The number of hydrogen-bond donors (Lipinski definition) is 1. The Morgan fingerprint density at radius 1 is 1.18 bits per heavy atom. The van der Waals surface area contributed by atoms with Crippen LogP contribution in [0.4, 0.5) is 20.6 Å². The molecule has 0 aliphatic carbocycles. The fourth-order valence-corrected chi connectivity index (χ4v) is 4.28. The van der Waals surface area contributed by atoms with Gasteiger partial charge in [-0.15, -0.1) is 11.3 Å². The van der Waals surface area contributed by atoms with Crippen LogP contribution in [-0.2, 0) is 16.0 Å².